The number of alkyl halides is 3. The predicted molar refractivity (Wildman–Crippen MR) is 125 cm³/mol. The molecule has 0 saturated heterocycles. The summed E-state index contributed by atoms with van der Waals surface area (Å²) < 4.78 is 51.5. The molecular formula is C26H25F3N4O3. The summed E-state index contributed by atoms with van der Waals surface area (Å²) in [6.07, 6.45) is -2.91. The molecule has 1 N–H and O–H groups in total. The fourth-order valence-corrected chi connectivity index (χ4v) is 5.19. The van der Waals surface area contributed by atoms with Crippen LogP contribution in [-0.2, 0) is 34.5 Å². The van der Waals surface area contributed by atoms with Crippen LogP contribution in [-0.4, -0.2) is 43.4 Å². The zero-order valence-corrected chi connectivity index (χ0v) is 19.6. The minimum absolute atomic E-state index is 0.123. The molecule has 0 amide bonds. The number of esters is 1. The van der Waals surface area contributed by atoms with E-state index in [1.165, 1.54) is 28.9 Å². The predicted octanol–water partition coefficient (Wildman–Crippen LogP) is 4.32. The topological polar surface area (TPSA) is 82.2 Å². The second-order valence-electron chi connectivity index (χ2n) is 8.87. The van der Waals surface area contributed by atoms with E-state index in [0.29, 0.717) is 19.4 Å². The summed E-state index contributed by atoms with van der Waals surface area (Å²) in [6.45, 7) is 2.36. The molecule has 0 radical (unpaired) electrons. The van der Waals surface area contributed by atoms with Gasteiger partial charge in [0.1, 0.15) is 5.69 Å². The zero-order valence-electron chi connectivity index (χ0n) is 19.6. The molecular weight excluding hydrogens is 473 g/mol. The van der Waals surface area contributed by atoms with Crippen molar-refractivity contribution in [2.75, 3.05) is 6.61 Å². The van der Waals surface area contributed by atoms with Crippen LogP contribution in [0.2, 0.25) is 0 Å². The standard InChI is InChI=1S/C26H25F3N4O3/c1-2-36-24(34)14-20-19-10-6-7-11-21(19)32-16-18(12-13-22(20)32)33-23(15-30-31-33)25(35,26(27,28)29)17-8-4-3-5-9-17/h3-11,15,18,35H,2,12-14,16H2,1H3. The lowest BCUT2D eigenvalue weighted by molar-refractivity contribution is -0.251. The number of hydrogen-bond donors (Lipinski definition) is 1. The molecule has 1 aliphatic rings. The monoisotopic (exact) mass is 498 g/mol. The SMILES string of the molecule is CCOC(=O)Cc1c2n(c3ccccc13)CC(n1nncc1C(O)(c1ccccc1)C(F)(F)F)CC2. The lowest BCUT2D eigenvalue weighted by Gasteiger charge is -2.34. The number of hydrogen-bond acceptors (Lipinski definition) is 5. The van der Waals surface area contributed by atoms with Gasteiger partial charge >= 0.3 is 12.1 Å². The molecule has 188 valence electrons. The number of halogens is 3. The molecule has 2 aromatic heterocycles. The van der Waals surface area contributed by atoms with Gasteiger partial charge in [-0.1, -0.05) is 53.7 Å². The Morgan fingerprint density at radius 1 is 1.14 bits per heavy atom. The largest absolute Gasteiger partial charge is 0.466 e. The van der Waals surface area contributed by atoms with Crippen LogP contribution in [0, 0.1) is 0 Å². The van der Waals surface area contributed by atoms with Crippen molar-refractivity contribution in [1.82, 2.24) is 19.6 Å². The van der Waals surface area contributed by atoms with E-state index in [-0.39, 0.29) is 24.6 Å². The number of carbonyl (C=O) groups is 1. The van der Waals surface area contributed by atoms with E-state index in [0.717, 1.165) is 28.4 Å². The minimum atomic E-state index is -5.00. The van der Waals surface area contributed by atoms with Crippen molar-refractivity contribution in [1.29, 1.82) is 0 Å². The average Bonchev–Trinajstić information content (AvgIpc) is 3.47. The molecule has 4 aromatic rings. The van der Waals surface area contributed by atoms with Crippen molar-refractivity contribution >= 4 is 16.9 Å². The first-order valence-electron chi connectivity index (χ1n) is 11.8. The lowest BCUT2D eigenvalue weighted by Crippen LogP contribution is -2.45. The van der Waals surface area contributed by atoms with Gasteiger partial charge in [0.25, 0.3) is 0 Å². The molecule has 7 nitrogen and oxygen atoms in total. The minimum Gasteiger partial charge on any atom is -0.466 e. The van der Waals surface area contributed by atoms with Crippen LogP contribution in [0.25, 0.3) is 10.9 Å². The molecule has 10 heteroatoms. The molecule has 0 bridgehead atoms. The fraction of sp³-hybridized carbons (Fsp3) is 0.346. The quantitative estimate of drug-likeness (QED) is 0.401. The molecule has 36 heavy (non-hydrogen) atoms. The van der Waals surface area contributed by atoms with Crippen LogP contribution in [0.1, 0.15) is 41.9 Å². The van der Waals surface area contributed by atoms with Crippen molar-refractivity contribution < 1.29 is 27.8 Å². The highest BCUT2D eigenvalue weighted by atomic mass is 19.4. The molecule has 2 unspecified atom stereocenters. The van der Waals surface area contributed by atoms with E-state index in [9.17, 15) is 23.1 Å². The van der Waals surface area contributed by atoms with Gasteiger partial charge in [-0.2, -0.15) is 13.2 Å². The highest BCUT2D eigenvalue weighted by Crippen LogP contribution is 2.45. The Morgan fingerprint density at radius 2 is 1.86 bits per heavy atom. The zero-order chi connectivity index (χ0) is 25.5. The molecule has 5 rings (SSSR count). The van der Waals surface area contributed by atoms with Gasteiger partial charge in [-0.05, 0) is 37.0 Å². The van der Waals surface area contributed by atoms with Gasteiger partial charge in [0.2, 0.25) is 5.60 Å². The van der Waals surface area contributed by atoms with E-state index >= 15 is 0 Å². The normalized spacial score (nSPS) is 17.5. The Morgan fingerprint density at radius 3 is 2.58 bits per heavy atom. The van der Waals surface area contributed by atoms with Gasteiger partial charge < -0.3 is 14.4 Å². The third-order valence-electron chi connectivity index (χ3n) is 6.82. The first-order chi connectivity index (χ1) is 17.3. The second kappa shape index (κ2) is 9.09. The van der Waals surface area contributed by atoms with Crippen LogP contribution in [0.5, 0.6) is 0 Å². The van der Waals surface area contributed by atoms with Crippen LogP contribution in [0.3, 0.4) is 0 Å². The number of aliphatic hydroxyl groups is 1. The Labute approximate surface area is 205 Å². The van der Waals surface area contributed by atoms with Gasteiger partial charge in [-0.15, -0.1) is 5.10 Å². The molecule has 0 aliphatic carbocycles. The Kier molecular flexibility index (Phi) is 6.07. The highest BCUT2D eigenvalue weighted by molar-refractivity contribution is 5.89. The number of para-hydroxylation sites is 1. The molecule has 1 aliphatic heterocycles. The first kappa shape index (κ1) is 24.1. The van der Waals surface area contributed by atoms with Crippen molar-refractivity contribution in [3.05, 3.63) is 83.3 Å². The van der Waals surface area contributed by atoms with Gasteiger partial charge in [-0.25, -0.2) is 4.68 Å². The van der Waals surface area contributed by atoms with Crippen molar-refractivity contribution in [2.24, 2.45) is 0 Å². The number of aromatic nitrogens is 4. The first-order valence-corrected chi connectivity index (χ1v) is 11.8. The Bertz CT molecular complexity index is 1400. The summed E-state index contributed by atoms with van der Waals surface area (Å²) in [5.41, 5.74) is -1.30. The number of nitrogens with zero attached hydrogens (tertiary/aromatic N) is 4. The summed E-state index contributed by atoms with van der Waals surface area (Å²) in [5.74, 6) is -0.324. The van der Waals surface area contributed by atoms with Crippen LogP contribution in [0.15, 0.2) is 60.8 Å². The van der Waals surface area contributed by atoms with Crippen LogP contribution < -0.4 is 0 Å². The third kappa shape index (κ3) is 3.85. The average molecular weight is 499 g/mol. The lowest BCUT2D eigenvalue weighted by atomic mass is 9.89. The number of rotatable bonds is 6. The Balaban J connectivity index is 1.57. The number of ether oxygens (including phenoxy) is 1. The van der Waals surface area contributed by atoms with Gasteiger partial charge in [0.05, 0.1) is 25.3 Å². The maximum atomic E-state index is 14.4. The number of fused-ring (bicyclic) bond motifs is 3. The van der Waals surface area contributed by atoms with Gasteiger partial charge in [0, 0.05) is 23.1 Å². The molecule has 0 saturated carbocycles. The van der Waals surface area contributed by atoms with E-state index in [4.69, 9.17) is 4.74 Å². The molecule has 2 atom stereocenters. The molecule has 2 aromatic carbocycles. The van der Waals surface area contributed by atoms with Crippen molar-refractivity contribution in [2.45, 2.75) is 50.6 Å². The number of benzene rings is 2. The summed E-state index contributed by atoms with van der Waals surface area (Å²) >= 11 is 0. The maximum Gasteiger partial charge on any atom is 0.427 e. The van der Waals surface area contributed by atoms with Crippen molar-refractivity contribution in [3.63, 3.8) is 0 Å². The molecule has 0 fully saturated rings. The summed E-state index contributed by atoms with van der Waals surface area (Å²) in [6, 6.07) is 14.1. The second-order valence-corrected chi connectivity index (χ2v) is 8.87. The summed E-state index contributed by atoms with van der Waals surface area (Å²) in [5, 5.41) is 19.8. The van der Waals surface area contributed by atoms with Crippen LogP contribution in [0.4, 0.5) is 13.2 Å². The number of carbonyl (C=O) groups excluding carboxylic acids is 1. The molecule has 3 heterocycles. The smallest absolute Gasteiger partial charge is 0.427 e. The van der Waals surface area contributed by atoms with Crippen LogP contribution >= 0.6 is 0 Å². The van der Waals surface area contributed by atoms with E-state index < -0.39 is 23.5 Å². The third-order valence-corrected chi connectivity index (χ3v) is 6.82. The summed E-state index contributed by atoms with van der Waals surface area (Å²) in [7, 11) is 0. The Hall–Kier alpha value is -3.66. The maximum absolute atomic E-state index is 14.4. The van der Waals surface area contributed by atoms with Gasteiger partial charge in [-0.3, -0.25) is 4.79 Å². The van der Waals surface area contributed by atoms with Gasteiger partial charge in [0.15, 0.2) is 0 Å². The van der Waals surface area contributed by atoms with Crippen molar-refractivity contribution in [3.8, 4) is 0 Å². The van der Waals surface area contributed by atoms with E-state index in [1.807, 2.05) is 28.8 Å². The summed E-state index contributed by atoms with van der Waals surface area (Å²) in [4.78, 5) is 12.3. The van der Waals surface area contributed by atoms with E-state index in [2.05, 4.69) is 10.3 Å². The fourth-order valence-electron chi connectivity index (χ4n) is 5.19. The molecule has 0 spiro atoms. The highest BCUT2D eigenvalue weighted by Gasteiger charge is 2.58. The van der Waals surface area contributed by atoms with E-state index in [1.54, 1.807) is 13.0 Å².